The van der Waals surface area contributed by atoms with Crippen molar-refractivity contribution in [2.45, 2.75) is 52.2 Å². The van der Waals surface area contributed by atoms with Crippen LogP contribution in [0.15, 0.2) is 30.3 Å². The van der Waals surface area contributed by atoms with Gasteiger partial charge in [0, 0.05) is 12.3 Å². The Kier molecular flexibility index (Phi) is 3.67. The summed E-state index contributed by atoms with van der Waals surface area (Å²) in [5.74, 6) is -0.0761. The molecule has 2 rings (SSSR count). The summed E-state index contributed by atoms with van der Waals surface area (Å²) in [6.45, 7) is 6.55. The molecule has 2 nitrogen and oxygen atoms in total. The van der Waals surface area contributed by atoms with Gasteiger partial charge in [0.1, 0.15) is 5.75 Å². The Balaban J connectivity index is 2.21. The Hall–Kier alpha value is -1.02. The van der Waals surface area contributed by atoms with Gasteiger partial charge in [0.2, 0.25) is 5.79 Å². The monoisotopic (exact) mass is 248 g/mol. The van der Waals surface area contributed by atoms with E-state index in [0.717, 1.165) is 25.0 Å². The first-order valence-corrected chi connectivity index (χ1v) is 6.88. The van der Waals surface area contributed by atoms with E-state index in [4.69, 9.17) is 4.74 Å². The predicted molar refractivity (Wildman–Crippen MR) is 73.4 cm³/mol. The Morgan fingerprint density at radius 1 is 1.17 bits per heavy atom. The van der Waals surface area contributed by atoms with Crippen LogP contribution in [-0.2, 0) is 0 Å². The fraction of sp³-hybridized carbons (Fsp3) is 0.625. The molecule has 0 aromatic heterocycles. The molecule has 0 radical (unpaired) electrons. The third-order valence-corrected chi connectivity index (χ3v) is 3.91. The van der Waals surface area contributed by atoms with Crippen LogP contribution in [0.3, 0.4) is 0 Å². The maximum Gasteiger partial charge on any atom is 0.211 e. The molecule has 0 aliphatic heterocycles. The molecule has 1 aromatic carbocycles. The van der Waals surface area contributed by atoms with Crippen LogP contribution in [0.2, 0.25) is 0 Å². The van der Waals surface area contributed by atoms with Crippen molar-refractivity contribution in [2.75, 3.05) is 0 Å². The van der Waals surface area contributed by atoms with Gasteiger partial charge in [0.25, 0.3) is 0 Å². The Bertz CT molecular complexity index is 380. The van der Waals surface area contributed by atoms with Crippen molar-refractivity contribution in [3.63, 3.8) is 0 Å². The van der Waals surface area contributed by atoms with Crippen LogP contribution in [0, 0.1) is 11.3 Å². The third-order valence-electron chi connectivity index (χ3n) is 3.91. The highest BCUT2D eigenvalue weighted by molar-refractivity contribution is 5.22. The fourth-order valence-corrected chi connectivity index (χ4v) is 3.05. The summed E-state index contributed by atoms with van der Waals surface area (Å²) >= 11 is 0. The molecule has 0 heterocycles. The lowest BCUT2D eigenvalue weighted by Gasteiger charge is -2.46. The number of rotatable bonds is 2. The van der Waals surface area contributed by atoms with E-state index < -0.39 is 5.79 Å². The minimum absolute atomic E-state index is 0.0595. The van der Waals surface area contributed by atoms with E-state index in [0.29, 0.717) is 0 Å². The summed E-state index contributed by atoms with van der Waals surface area (Å²) in [5.41, 5.74) is 0.0595. The van der Waals surface area contributed by atoms with Crippen molar-refractivity contribution in [1.29, 1.82) is 0 Å². The molecule has 2 unspecified atom stereocenters. The molecule has 1 aromatic rings. The minimum atomic E-state index is -1.02. The lowest BCUT2D eigenvalue weighted by Crippen LogP contribution is -2.51. The summed E-state index contributed by atoms with van der Waals surface area (Å²) < 4.78 is 5.94. The van der Waals surface area contributed by atoms with E-state index in [1.807, 2.05) is 30.3 Å². The molecule has 18 heavy (non-hydrogen) atoms. The number of ether oxygens (including phenoxy) is 1. The predicted octanol–water partition coefficient (Wildman–Crippen LogP) is 3.99. The largest absolute Gasteiger partial charge is 0.462 e. The molecule has 1 fully saturated rings. The summed E-state index contributed by atoms with van der Waals surface area (Å²) in [7, 11) is 0. The molecule has 0 saturated heterocycles. The Labute approximate surface area is 110 Å². The zero-order chi connectivity index (χ0) is 13.2. The van der Waals surface area contributed by atoms with Gasteiger partial charge >= 0.3 is 0 Å². The smallest absolute Gasteiger partial charge is 0.211 e. The van der Waals surface area contributed by atoms with Crippen molar-refractivity contribution >= 4 is 0 Å². The molecule has 1 aliphatic carbocycles. The molecule has 0 amide bonds. The molecule has 0 bridgehead atoms. The van der Waals surface area contributed by atoms with Crippen molar-refractivity contribution < 1.29 is 9.84 Å². The van der Waals surface area contributed by atoms with Crippen LogP contribution in [0.4, 0.5) is 0 Å². The van der Waals surface area contributed by atoms with E-state index in [1.54, 1.807) is 0 Å². The highest BCUT2D eigenvalue weighted by atomic mass is 16.6. The topological polar surface area (TPSA) is 29.5 Å². The zero-order valence-corrected chi connectivity index (χ0v) is 11.6. The summed E-state index contributed by atoms with van der Waals surface area (Å²) in [6, 6.07) is 9.65. The highest BCUT2D eigenvalue weighted by Gasteiger charge is 2.46. The Morgan fingerprint density at radius 3 is 2.44 bits per heavy atom. The molecule has 2 heteroatoms. The molecule has 1 saturated carbocycles. The van der Waals surface area contributed by atoms with E-state index in [-0.39, 0.29) is 11.3 Å². The molecule has 0 spiro atoms. The first-order valence-electron chi connectivity index (χ1n) is 6.88. The third kappa shape index (κ3) is 2.86. The summed E-state index contributed by atoms with van der Waals surface area (Å²) in [4.78, 5) is 0. The van der Waals surface area contributed by atoms with Gasteiger partial charge in [0.05, 0.1) is 0 Å². The molecule has 2 atom stereocenters. The summed E-state index contributed by atoms with van der Waals surface area (Å²) in [6.07, 6.45) is 3.98. The van der Waals surface area contributed by atoms with E-state index in [2.05, 4.69) is 20.8 Å². The quantitative estimate of drug-likeness (QED) is 0.802. The minimum Gasteiger partial charge on any atom is -0.462 e. The van der Waals surface area contributed by atoms with Gasteiger partial charge in [-0.1, -0.05) is 45.4 Å². The van der Waals surface area contributed by atoms with Gasteiger partial charge in [-0.25, -0.2) is 0 Å². The molecule has 1 aliphatic rings. The van der Waals surface area contributed by atoms with Gasteiger partial charge in [0.15, 0.2) is 0 Å². The van der Waals surface area contributed by atoms with Gasteiger partial charge in [-0.15, -0.1) is 0 Å². The van der Waals surface area contributed by atoms with Gasteiger partial charge in [-0.05, 0) is 30.4 Å². The second-order valence-electron chi connectivity index (χ2n) is 6.42. The molecule has 1 N–H and O–H groups in total. The van der Waals surface area contributed by atoms with Crippen LogP contribution in [0.1, 0.15) is 46.5 Å². The number of aliphatic hydroxyl groups is 1. The van der Waals surface area contributed by atoms with E-state index in [9.17, 15) is 5.11 Å². The van der Waals surface area contributed by atoms with Crippen molar-refractivity contribution in [1.82, 2.24) is 0 Å². The maximum atomic E-state index is 10.9. The maximum absolute atomic E-state index is 10.9. The number of para-hydroxylation sites is 1. The average molecular weight is 248 g/mol. The van der Waals surface area contributed by atoms with Crippen molar-refractivity contribution in [3.05, 3.63) is 30.3 Å². The SMILES string of the molecule is CC(C)(C)C1CCCCC1(O)Oc1ccccc1. The van der Waals surface area contributed by atoms with Crippen LogP contribution in [0.25, 0.3) is 0 Å². The molecular formula is C16H24O2. The lowest BCUT2D eigenvalue weighted by molar-refractivity contribution is -0.219. The second-order valence-corrected chi connectivity index (χ2v) is 6.42. The normalized spacial score (nSPS) is 29.0. The standard InChI is InChI=1S/C16H24O2/c1-15(2,3)14-11-7-8-12-16(14,17)18-13-9-5-4-6-10-13/h4-6,9-10,14,17H,7-8,11-12H2,1-3H3. The fourth-order valence-electron chi connectivity index (χ4n) is 3.05. The van der Waals surface area contributed by atoms with Crippen LogP contribution in [-0.4, -0.2) is 10.9 Å². The van der Waals surface area contributed by atoms with Gasteiger partial charge < -0.3 is 9.84 Å². The van der Waals surface area contributed by atoms with Crippen LogP contribution >= 0.6 is 0 Å². The first-order chi connectivity index (χ1) is 8.42. The van der Waals surface area contributed by atoms with Gasteiger partial charge in [-0.3, -0.25) is 0 Å². The van der Waals surface area contributed by atoms with E-state index >= 15 is 0 Å². The van der Waals surface area contributed by atoms with Gasteiger partial charge in [-0.2, -0.15) is 0 Å². The summed E-state index contributed by atoms with van der Waals surface area (Å²) in [5, 5.41) is 10.9. The van der Waals surface area contributed by atoms with Crippen LogP contribution < -0.4 is 4.74 Å². The number of benzene rings is 1. The average Bonchev–Trinajstić information content (AvgIpc) is 2.28. The molecule has 100 valence electrons. The number of hydrogen-bond acceptors (Lipinski definition) is 2. The number of hydrogen-bond donors (Lipinski definition) is 1. The van der Waals surface area contributed by atoms with Crippen molar-refractivity contribution in [2.24, 2.45) is 11.3 Å². The Morgan fingerprint density at radius 2 is 1.83 bits per heavy atom. The van der Waals surface area contributed by atoms with E-state index in [1.165, 1.54) is 6.42 Å². The van der Waals surface area contributed by atoms with Crippen molar-refractivity contribution in [3.8, 4) is 5.75 Å². The molecular weight excluding hydrogens is 224 g/mol. The lowest BCUT2D eigenvalue weighted by atomic mass is 9.68. The first kappa shape index (κ1) is 13.4. The zero-order valence-electron chi connectivity index (χ0n) is 11.6. The van der Waals surface area contributed by atoms with Crippen LogP contribution in [0.5, 0.6) is 5.75 Å². The highest BCUT2D eigenvalue weighted by Crippen LogP contribution is 2.45. The second kappa shape index (κ2) is 4.93.